The van der Waals surface area contributed by atoms with Gasteiger partial charge in [-0.15, -0.1) is 0 Å². The van der Waals surface area contributed by atoms with Crippen molar-refractivity contribution in [3.05, 3.63) is 35.9 Å². The van der Waals surface area contributed by atoms with Gasteiger partial charge in [-0.2, -0.15) is 0 Å². The van der Waals surface area contributed by atoms with Gasteiger partial charge in [0.15, 0.2) is 0 Å². The molecule has 1 heterocycles. The molecule has 3 atom stereocenters. The zero-order chi connectivity index (χ0) is 9.97. The summed E-state index contributed by atoms with van der Waals surface area (Å²) in [5, 5.41) is 18.5. The first kappa shape index (κ1) is 9.65. The quantitative estimate of drug-likeness (QED) is 0.734. The summed E-state index contributed by atoms with van der Waals surface area (Å²) in [6.45, 7) is -0.121. The lowest BCUT2D eigenvalue weighted by Crippen LogP contribution is -2.24. The second-order valence-corrected chi connectivity index (χ2v) is 3.56. The molecule has 14 heavy (non-hydrogen) atoms. The van der Waals surface area contributed by atoms with Crippen LogP contribution in [-0.4, -0.2) is 29.0 Å². The average molecular weight is 194 g/mol. The molecule has 1 aromatic carbocycles. The van der Waals surface area contributed by atoms with Gasteiger partial charge >= 0.3 is 0 Å². The molecule has 1 aliphatic heterocycles. The van der Waals surface area contributed by atoms with Crippen LogP contribution in [0.25, 0.3) is 0 Å². The minimum atomic E-state index is -0.551. The number of aliphatic hydroxyl groups excluding tert-OH is 2. The van der Waals surface area contributed by atoms with Crippen molar-refractivity contribution in [2.45, 2.75) is 24.7 Å². The second-order valence-electron chi connectivity index (χ2n) is 3.56. The predicted octanol–water partition coefficient (Wildman–Crippen LogP) is 0.870. The van der Waals surface area contributed by atoms with Gasteiger partial charge < -0.3 is 14.9 Å². The molecule has 2 rings (SSSR count). The van der Waals surface area contributed by atoms with E-state index in [0.29, 0.717) is 6.42 Å². The topological polar surface area (TPSA) is 49.7 Å². The molecule has 1 fully saturated rings. The Balaban J connectivity index is 2.09. The van der Waals surface area contributed by atoms with Crippen molar-refractivity contribution < 1.29 is 14.9 Å². The molecule has 0 spiro atoms. The van der Waals surface area contributed by atoms with Crippen molar-refractivity contribution in [2.75, 3.05) is 6.61 Å². The van der Waals surface area contributed by atoms with Crippen LogP contribution in [-0.2, 0) is 4.74 Å². The Morgan fingerprint density at radius 1 is 1.29 bits per heavy atom. The highest BCUT2D eigenvalue weighted by Crippen LogP contribution is 2.32. The highest BCUT2D eigenvalue weighted by Gasteiger charge is 2.33. The molecule has 3 heteroatoms. The van der Waals surface area contributed by atoms with Crippen molar-refractivity contribution in [1.82, 2.24) is 0 Å². The summed E-state index contributed by atoms with van der Waals surface area (Å²) in [5.74, 6) is 0. The summed E-state index contributed by atoms with van der Waals surface area (Å²) < 4.78 is 5.51. The molecule has 1 saturated heterocycles. The van der Waals surface area contributed by atoms with E-state index in [1.54, 1.807) is 0 Å². The summed E-state index contributed by atoms with van der Waals surface area (Å²) >= 11 is 0. The molecule has 2 N–H and O–H groups in total. The zero-order valence-electron chi connectivity index (χ0n) is 7.84. The number of hydrogen-bond acceptors (Lipinski definition) is 3. The van der Waals surface area contributed by atoms with E-state index in [9.17, 15) is 5.11 Å². The second kappa shape index (κ2) is 4.09. The van der Waals surface area contributed by atoms with Crippen molar-refractivity contribution in [2.24, 2.45) is 0 Å². The first-order chi connectivity index (χ1) is 6.81. The van der Waals surface area contributed by atoms with Crippen molar-refractivity contribution in [3.8, 4) is 0 Å². The summed E-state index contributed by atoms with van der Waals surface area (Å²) in [7, 11) is 0. The SMILES string of the molecule is OC[C@H]1OC(c2ccccc2)C[C@@H]1O. The molecule has 76 valence electrons. The van der Waals surface area contributed by atoms with Crippen LogP contribution in [0, 0.1) is 0 Å². The molecule has 0 aromatic heterocycles. The Hall–Kier alpha value is -0.900. The number of hydrogen-bond donors (Lipinski definition) is 2. The van der Waals surface area contributed by atoms with Gasteiger partial charge in [-0.05, 0) is 5.56 Å². The van der Waals surface area contributed by atoms with E-state index in [1.165, 1.54) is 0 Å². The van der Waals surface area contributed by atoms with Gasteiger partial charge in [0, 0.05) is 6.42 Å². The van der Waals surface area contributed by atoms with E-state index in [-0.39, 0.29) is 12.7 Å². The van der Waals surface area contributed by atoms with Gasteiger partial charge in [0.1, 0.15) is 6.10 Å². The lowest BCUT2D eigenvalue weighted by Gasteiger charge is -2.11. The van der Waals surface area contributed by atoms with Crippen LogP contribution >= 0.6 is 0 Å². The van der Waals surface area contributed by atoms with Gasteiger partial charge in [-0.25, -0.2) is 0 Å². The van der Waals surface area contributed by atoms with E-state index in [0.717, 1.165) is 5.56 Å². The van der Waals surface area contributed by atoms with Crippen LogP contribution < -0.4 is 0 Å². The Bertz CT molecular complexity index is 286. The third-order valence-electron chi connectivity index (χ3n) is 2.58. The summed E-state index contributed by atoms with van der Waals surface area (Å²) in [4.78, 5) is 0. The van der Waals surface area contributed by atoms with Crippen LogP contribution in [0.1, 0.15) is 18.1 Å². The van der Waals surface area contributed by atoms with E-state index < -0.39 is 12.2 Å². The zero-order valence-corrected chi connectivity index (χ0v) is 7.84. The first-order valence-electron chi connectivity index (χ1n) is 4.80. The lowest BCUT2D eigenvalue weighted by molar-refractivity contribution is -0.0225. The Labute approximate surface area is 83.0 Å². The largest absolute Gasteiger partial charge is 0.394 e. The van der Waals surface area contributed by atoms with Gasteiger partial charge in [0.2, 0.25) is 0 Å². The van der Waals surface area contributed by atoms with Crippen LogP contribution in [0.5, 0.6) is 0 Å². The smallest absolute Gasteiger partial charge is 0.107 e. The molecule has 1 aromatic rings. The first-order valence-corrected chi connectivity index (χ1v) is 4.80. The van der Waals surface area contributed by atoms with E-state index in [4.69, 9.17) is 9.84 Å². The monoisotopic (exact) mass is 194 g/mol. The summed E-state index contributed by atoms with van der Waals surface area (Å²) in [6.07, 6.45) is -0.497. The fourth-order valence-electron chi connectivity index (χ4n) is 1.78. The van der Waals surface area contributed by atoms with Crippen molar-refractivity contribution >= 4 is 0 Å². The third kappa shape index (κ3) is 1.80. The molecular formula is C11H14O3. The number of ether oxygens (including phenoxy) is 1. The standard InChI is InChI=1S/C11H14O3/c12-7-11-9(13)6-10(14-11)8-4-2-1-3-5-8/h1-5,9-13H,6-7H2/t9-,10?,11+/m0/s1. The Kier molecular flexibility index (Phi) is 2.82. The predicted molar refractivity (Wildman–Crippen MR) is 51.8 cm³/mol. The van der Waals surface area contributed by atoms with Crippen molar-refractivity contribution in [3.63, 3.8) is 0 Å². The maximum atomic E-state index is 9.54. The molecular weight excluding hydrogens is 180 g/mol. The minimum Gasteiger partial charge on any atom is -0.394 e. The van der Waals surface area contributed by atoms with Crippen molar-refractivity contribution in [1.29, 1.82) is 0 Å². The highest BCUT2D eigenvalue weighted by molar-refractivity contribution is 5.18. The number of aliphatic hydroxyl groups is 2. The van der Waals surface area contributed by atoms with Crippen LogP contribution in [0.2, 0.25) is 0 Å². The number of benzene rings is 1. The lowest BCUT2D eigenvalue weighted by atomic mass is 10.1. The van der Waals surface area contributed by atoms with Gasteiger partial charge in [-0.3, -0.25) is 0 Å². The molecule has 0 amide bonds. The molecule has 0 bridgehead atoms. The third-order valence-corrected chi connectivity index (χ3v) is 2.58. The van der Waals surface area contributed by atoms with E-state index in [1.807, 2.05) is 30.3 Å². The maximum Gasteiger partial charge on any atom is 0.107 e. The van der Waals surface area contributed by atoms with Gasteiger partial charge in [0.25, 0.3) is 0 Å². The van der Waals surface area contributed by atoms with Crippen LogP contribution in [0.4, 0.5) is 0 Å². The van der Waals surface area contributed by atoms with Gasteiger partial charge in [-0.1, -0.05) is 30.3 Å². The molecule has 1 aliphatic rings. The summed E-state index contributed by atoms with van der Waals surface area (Å²) in [6, 6.07) is 9.77. The van der Waals surface area contributed by atoms with E-state index in [2.05, 4.69) is 0 Å². The molecule has 3 nitrogen and oxygen atoms in total. The molecule has 0 saturated carbocycles. The fourth-order valence-corrected chi connectivity index (χ4v) is 1.78. The Morgan fingerprint density at radius 3 is 2.57 bits per heavy atom. The van der Waals surface area contributed by atoms with Crippen LogP contribution in [0.3, 0.4) is 0 Å². The molecule has 0 radical (unpaired) electrons. The maximum absolute atomic E-state index is 9.54. The van der Waals surface area contributed by atoms with Gasteiger partial charge in [0.05, 0.1) is 18.8 Å². The Morgan fingerprint density at radius 2 is 2.00 bits per heavy atom. The molecule has 1 unspecified atom stereocenters. The minimum absolute atomic E-state index is 0.0802. The normalized spacial score (nSPS) is 32.0. The fraction of sp³-hybridized carbons (Fsp3) is 0.455. The highest BCUT2D eigenvalue weighted by atomic mass is 16.5. The van der Waals surface area contributed by atoms with E-state index >= 15 is 0 Å². The van der Waals surface area contributed by atoms with Crippen LogP contribution in [0.15, 0.2) is 30.3 Å². The number of rotatable bonds is 2. The average Bonchev–Trinajstić information content (AvgIpc) is 2.61. The molecule has 0 aliphatic carbocycles. The summed E-state index contributed by atoms with van der Waals surface area (Å²) in [5.41, 5.74) is 1.06.